The minimum atomic E-state index is -4.12. The highest BCUT2D eigenvalue weighted by Crippen LogP contribution is 2.29. The molecule has 1 aromatic rings. The second-order valence-electron chi connectivity index (χ2n) is 3.16. The molecule has 0 aliphatic carbocycles. The van der Waals surface area contributed by atoms with Crippen LogP contribution in [0.15, 0.2) is 5.51 Å². The summed E-state index contributed by atoms with van der Waals surface area (Å²) >= 11 is 1.59. The van der Waals surface area contributed by atoms with Gasteiger partial charge in [0, 0.05) is 23.7 Å². The average Bonchev–Trinajstić information content (AvgIpc) is 2.56. The first-order valence-electron chi connectivity index (χ1n) is 4.79. The van der Waals surface area contributed by atoms with Crippen LogP contribution in [0.1, 0.15) is 10.6 Å². The molecule has 1 N–H and O–H groups in total. The quantitative estimate of drug-likeness (QED) is 0.805. The summed E-state index contributed by atoms with van der Waals surface area (Å²) in [7, 11) is 0. The molecule has 16 heavy (non-hydrogen) atoms. The Hall–Kier alpha value is -0.270. The van der Waals surface area contributed by atoms with Gasteiger partial charge in [0.15, 0.2) is 0 Å². The molecule has 0 bridgehead atoms. The highest BCUT2D eigenvalue weighted by Gasteiger charge is 2.27. The molecule has 0 fully saturated rings. The lowest BCUT2D eigenvalue weighted by molar-refractivity contribution is -0.0327. The summed E-state index contributed by atoms with van der Waals surface area (Å²) in [5.41, 5.74) is -1.32. The van der Waals surface area contributed by atoms with Crippen molar-refractivity contribution >= 4 is 23.1 Å². The molecule has 0 aromatic carbocycles. The zero-order chi connectivity index (χ0) is 12.0. The summed E-state index contributed by atoms with van der Waals surface area (Å²) in [4.78, 5) is 5.29. The Morgan fingerprint density at radius 3 is 2.75 bits per heavy atom. The van der Waals surface area contributed by atoms with Crippen molar-refractivity contribution in [2.24, 2.45) is 0 Å². The standard InChI is InChI=1S/C9H13F3N2S2/c1-7-8(15-6-14-7)2-3-13-4-5-16-9(10,11)12/h6,13H,2-5H2,1H3. The van der Waals surface area contributed by atoms with Gasteiger partial charge in [-0.2, -0.15) is 13.2 Å². The summed E-state index contributed by atoms with van der Waals surface area (Å²) in [5, 5.41) is 2.98. The van der Waals surface area contributed by atoms with Crippen LogP contribution in [0, 0.1) is 6.92 Å². The van der Waals surface area contributed by atoms with Crippen LogP contribution in [0.3, 0.4) is 0 Å². The fraction of sp³-hybridized carbons (Fsp3) is 0.667. The minimum Gasteiger partial charge on any atom is -0.316 e. The number of hydrogen-bond acceptors (Lipinski definition) is 4. The highest BCUT2D eigenvalue weighted by atomic mass is 32.2. The van der Waals surface area contributed by atoms with E-state index in [9.17, 15) is 13.2 Å². The number of thiazole rings is 1. The van der Waals surface area contributed by atoms with Gasteiger partial charge in [0.05, 0.1) is 11.2 Å². The van der Waals surface area contributed by atoms with Crippen LogP contribution in [0.4, 0.5) is 13.2 Å². The zero-order valence-corrected chi connectivity index (χ0v) is 10.4. The van der Waals surface area contributed by atoms with Crippen molar-refractivity contribution in [2.75, 3.05) is 18.8 Å². The van der Waals surface area contributed by atoms with Crippen LogP contribution in [-0.2, 0) is 6.42 Å². The van der Waals surface area contributed by atoms with Crippen molar-refractivity contribution in [3.8, 4) is 0 Å². The Labute approximate surface area is 101 Å². The van der Waals surface area contributed by atoms with E-state index in [0.29, 0.717) is 13.1 Å². The van der Waals surface area contributed by atoms with Gasteiger partial charge in [-0.25, -0.2) is 4.98 Å². The molecule has 0 aliphatic heterocycles. The molecule has 0 radical (unpaired) electrons. The summed E-state index contributed by atoms with van der Waals surface area (Å²) in [6.45, 7) is 3.01. The molecule has 7 heteroatoms. The summed E-state index contributed by atoms with van der Waals surface area (Å²) in [5.74, 6) is 0.0607. The smallest absolute Gasteiger partial charge is 0.316 e. The molecule has 0 atom stereocenters. The number of aromatic nitrogens is 1. The normalized spacial score (nSPS) is 12.0. The van der Waals surface area contributed by atoms with Crippen molar-refractivity contribution in [2.45, 2.75) is 18.9 Å². The molecular weight excluding hydrogens is 257 g/mol. The van der Waals surface area contributed by atoms with Crippen LogP contribution >= 0.6 is 23.1 Å². The van der Waals surface area contributed by atoms with E-state index in [1.165, 1.54) is 4.88 Å². The third kappa shape index (κ3) is 5.72. The topological polar surface area (TPSA) is 24.9 Å². The molecule has 0 aliphatic rings. The van der Waals surface area contributed by atoms with E-state index in [4.69, 9.17) is 0 Å². The lowest BCUT2D eigenvalue weighted by atomic mass is 10.3. The molecule has 0 saturated carbocycles. The second kappa shape index (κ2) is 6.46. The highest BCUT2D eigenvalue weighted by molar-refractivity contribution is 8.00. The number of halogens is 3. The summed E-state index contributed by atoms with van der Waals surface area (Å²) < 4.78 is 35.3. The van der Waals surface area contributed by atoms with Crippen LogP contribution in [-0.4, -0.2) is 29.3 Å². The number of nitrogens with one attached hydrogen (secondary N) is 1. The molecule has 2 nitrogen and oxygen atoms in total. The number of rotatable bonds is 6. The Balaban J connectivity index is 2.03. The lowest BCUT2D eigenvalue weighted by Crippen LogP contribution is -2.21. The fourth-order valence-electron chi connectivity index (χ4n) is 1.13. The molecule has 1 aromatic heterocycles. The van der Waals surface area contributed by atoms with Crippen LogP contribution < -0.4 is 5.32 Å². The third-order valence-electron chi connectivity index (χ3n) is 1.92. The minimum absolute atomic E-state index is 0.0124. The first-order valence-corrected chi connectivity index (χ1v) is 6.66. The van der Waals surface area contributed by atoms with Crippen LogP contribution in [0.5, 0.6) is 0 Å². The van der Waals surface area contributed by atoms with E-state index < -0.39 is 5.51 Å². The van der Waals surface area contributed by atoms with Gasteiger partial charge in [0.25, 0.3) is 0 Å². The number of aryl methyl sites for hydroxylation is 1. The van der Waals surface area contributed by atoms with E-state index in [2.05, 4.69) is 10.3 Å². The van der Waals surface area contributed by atoms with Crippen molar-refractivity contribution in [1.82, 2.24) is 10.3 Å². The SMILES string of the molecule is Cc1ncsc1CCNCCSC(F)(F)F. The maximum absolute atomic E-state index is 11.8. The monoisotopic (exact) mass is 270 g/mol. The van der Waals surface area contributed by atoms with Gasteiger partial charge in [-0.05, 0) is 25.1 Å². The molecule has 92 valence electrons. The average molecular weight is 270 g/mol. The Morgan fingerprint density at radius 2 is 2.19 bits per heavy atom. The molecule has 0 spiro atoms. The van der Waals surface area contributed by atoms with Crippen molar-refractivity contribution in [3.05, 3.63) is 16.1 Å². The lowest BCUT2D eigenvalue weighted by Gasteiger charge is -2.06. The van der Waals surface area contributed by atoms with E-state index >= 15 is 0 Å². The van der Waals surface area contributed by atoms with Gasteiger partial charge in [-0.15, -0.1) is 11.3 Å². The van der Waals surface area contributed by atoms with E-state index in [1.54, 1.807) is 16.8 Å². The number of alkyl halides is 3. The first kappa shape index (κ1) is 13.8. The zero-order valence-electron chi connectivity index (χ0n) is 8.80. The van der Waals surface area contributed by atoms with Crippen molar-refractivity contribution in [1.29, 1.82) is 0 Å². The van der Waals surface area contributed by atoms with Gasteiger partial charge in [-0.3, -0.25) is 0 Å². The van der Waals surface area contributed by atoms with Gasteiger partial charge in [0.1, 0.15) is 0 Å². The molecular formula is C9H13F3N2S2. The van der Waals surface area contributed by atoms with Gasteiger partial charge < -0.3 is 5.32 Å². The Bertz CT molecular complexity index is 312. The van der Waals surface area contributed by atoms with Gasteiger partial charge >= 0.3 is 5.51 Å². The second-order valence-corrected chi connectivity index (χ2v) is 5.25. The fourth-order valence-corrected chi connectivity index (χ4v) is 2.39. The number of hydrogen-bond donors (Lipinski definition) is 1. The molecule has 0 saturated heterocycles. The maximum atomic E-state index is 11.8. The van der Waals surface area contributed by atoms with Crippen LogP contribution in [0.2, 0.25) is 0 Å². The maximum Gasteiger partial charge on any atom is 0.441 e. The van der Waals surface area contributed by atoms with E-state index in [-0.39, 0.29) is 17.5 Å². The largest absolute Gasteiger partial charge is 0.441 e. The van der Waals surface area contributed by atoms with E-state index in [0.717, 1.165) is 12.1 Å². The summed E-state index contributed by atoms with van der Waals surface area (Å²) in [6, 6.07) is 0. The Morgan fingerprint density at radius 1 is 1.44 bits per heavy atom. The summed E-state index contributed by atoms with van der Waals surface area (Å²) in [6.07, 6.45) is 0.827. The van der Waals surface area contributed by atoms with Crippen LogP contribution in [0.25, 0.3) is 0 Å². The molecule has 0 unspecified atom stereocenters. The molecule has 0 amide bonds. The molecule has 1 heterocycles. The predicted molar refractivity (Wildman–Crippen MR) is 61.9 cm³/mol. The Kier molecular flexibility index (Phi) is 5.57. The van der Waals surface area contributed by atoms with E-state index in [1.807, 2.05) is 6.92 Å². The van der Waals surface area contributed by atoms with Crippen molar-refractivity contribution in [3.63, 3.8) is 0 Å². The van der Waals surface area contributed by atoms with Gasteiger partial charge in [0.2, 0.25) is 0 Å². The third-order valence-corrected chi connectivity index (χ3v) is 3.65. The van der Waals surface area contributed by atoms with Crippen molar-refractivity contribution < 1.29 is 13.2 Å². The first-order chi connectivity index (χ1) is 7.49. The molecule has 1 rings (SSSR count). The number of nitrogens with zero attached hydrogens (tertiary/aromatic N) is 1. The van der Waals surface area contributed by atoms with Gasteiger partial charge in [-0.1, -0.05) is 0 Å². The number of thioether (sulfide) groups is 1. The predicted octanol–water partition coefficient (Wildman–Crippen LogP) is 2.84.